The van der Waals surface area contributed by atoms with Gasteiger partial charge in [0.2, 0.25) is 10.0 Å². The zero-order valence-corrected chi connectivity index (χ0v) is 13.0. The highest BCUT2D eigenvalue weighted by molar-refractivity contribution is 7.89. The summed E-state index contributed by atoms with van der Waals surface area (Å²) in [6, 6.07) is 3.29. The quantitative estimate of drug-likeness (QED) is 0.833. The molecule has 21 heavy (non-hydrogen) atoms. The molecule has 2 rings (SSSR count). The molecule has 2 aromatic rings. The molecular formula is C14H18N4O2S. The van der Waals surface area contributed by atoms with Gasteiger partial charge in [-0.2, -0.15) is 0 Å². The summed E-state index contributed by atoms with van der Waals surface area (Å²) >= 11 is 0. The van der Waals surface area contributed by atoms with Crippen LogP contribution in [0.25, 0.3) is 0 Å². The molecule has 1 aromatic carbocycles. The van der Waals surface area contributed by atoms with Gasteiger partial charge in [-0.3, -0.25) is 9.97 Å². The normalized spacial score (nSPS) is 11.6. The van der Waals surface area contributed by atoms with E-state index in [1.807, 2.05) is 6.92 Å². The molecule has 6 nitrogen and oxygen atoms in total. The number of sulfonamides is 1. The third kappa shape index (κ3) is 3.56. The molecule has 1 aromatic heterocycles. The van der Waals surface area contributed by atoms with Gasteiger partial charge in [0.05, 0.1) is 29.0 Å². The van der Waals surface area contributed by atoms with Crippen molar-refractivity contribution in [2.24, 2.45) is 0 Å². The van der Waals surface area contributed by atoms with Crippen molar-refractivity contribution in [1.29, 1.82) is 0 Å². The van der Waals surface area contributed by atoms with Gasteiger partial charge in [0.15, 0.2) is 0 Å². The van der Waals surface area contributed by atoms with Gasteiger partial charge in [0.25, 0.3) is 0 Å². The molecule has 3 N–H and O–H groups in total. The molecule has 0 spiro atoms. The van der Waals surface area contributed by atoms with Gasteiger partial charge in [-0.15, -0.1) is 0 Å². The van der Waals surface area contributed by atoms with E-state index in [2.05, 4.69) is 14.7 Å². The second-order valence-corrected chi connectivity index (χ2v) is 6.66. The summed E-state index contributed by atoms with van der Waals surface area (Å²) < 4.78 is 27.4. The SMILES string of the molecule is Cc1cnc(CNS(=O)(=O)c2c(C)cc(N)cc2C)cn1. The van der Waals surface area contributed by atoms with Crippen molar-refractivity contribution < 1.29 is 8.42 Å². The summed E-state index contributed by atoms with van der Waals surface area (Å²) in [4.78, 5) is 8.47. The van der Waals surface area contributed by atoms with E-state index in [1.54, 1.807) is 38.4 Å². The van der Waals surface area contributed by atoms with Crippen LogP contribution in [-0.2, 0) is 16.6 Å². The number of nitrogens with zero attached hydrogens (tertiary/aromatic N) is 2. The number of benzene rings is 1. The molecule has 0 aliphatic carbocycles. The van der Waals surface area contributed by atoms with Crippen LogP contribution in [0.5, 0.6) is 0 Å². The fourth-order valence-corrected chi connectivity index (χ4v) is 3.61. The zero-order chi connectivity index (χ0) is 15.6. The average Bonchev–Trinajstić information content (AvgIpc) is 2.36. The molecule has 0 amide bonds. The lowest BCUT2D eigenvalue weighted by molar-refractivity contribution is 0.579. The van der Waals surface area contributed by atoms with Crippen LogP contribution in [0.2, 0.25) is 0 Å². The Morgan fingerprint density at radius 2 is 1.71 bits per heavy atom. The third-order valence-corrected chi connectivity index (χ3v) is 4.73. The van der Waals surface area contributed by atoms with Gasteiger partial charge >= 0.3 is 0 Å². The monoisotopic (exact) mass is 306 g/mol. The Morgan fingerprint density at radius 3 is 2.24 bits per heavy atom. The second-order valence-electron chi connectivity index (χ2n) is 4.96. The van der Waals surface area contributed by atoms with Crippen molar-refractivity contribution in [3.8, 4) is 0 Å². The first-order valence-corrected chi connectivity index (χ1v) is 7.92. The second kappa shape index (κ2) is 5.79. The maximum absolute atomic E-state index is 12.4. The lowest BCUT2D eigenvalue weighted by Crippen LogP contribution is -2.25. The molecule has 0 saturated heterocycles. The Balaban J connectivity index is 2.25. The lowest BCUT2D eigenvalue weighted by atomic mass is 10.1. The molecule has 0 saturated carbocycles. The number of aromatic nitrogens is 2. The number of hydrogen-bond acceptors (Lipinski definition) is 5. The number of nitrogens with two attached hydrogens (primary N) is 1. The number of rotatable bonds is 4. The average molecular weight is 306 g/mol. The Labute approximate surface area is 124 Å². The predicted molar refractivity (Wildman–Crippen MR) is 81.1 cm³/mol. The zero-order valence-electron chi connectivity index (χ0n) is 12.2. The number of anilines is 1. The van der Waals surface area contributed by atoms with Crippen LogP contribution in [0.4, 0.5) is 5.69 Å². The number of hydrogen-bond donors (Lipinski definition) is 2. The van der Waals surface area contributed by atoms with Gasteiger partial charge in [-0.05, 0) is 44.0 Å². The van der Waals surface area contributed by atoms with Gasteiger partial charge < -0.3 is 5.73 Å². The number of nitrogen functional groups attached to an aromatic ring is 1. The van der Waals surface area contributed by atoms with E-state index in [-0.39, 0.29) is 11.4 Å². The smallest absolute Gasteiger partial charge is 0.241 e. The predicted octanol–water partition coefficient (Wildman–Crippen LogP) is 1.46. The molecule has 1 heterocycles. The van der Waals surface area contributed by atoms with E-state index in [1.165, 1.54) is 0 Å². The molecule has 112 valence electrons. The summed E-state index contributed by atoms with van der Waals surface area (Å²) in [7, 11) is -3.62. The Morgan fingerprint density at radius 1 is 1.10 bits per heavy atom. The number of nitrogens with one attached hydrogen (secondary N) is 1. The summed E-state index contributed by atoms with van der Waals surface area (Å²) in [6.45, 7) is 5.37. The van der Waals surface area contributed by atoms with Crippen LogP contribution in [0.3, 0.4) is 0 Å². The molecule has 0 fully saturated rings. The van der Waals surface area contributed by atoms with Crippen molar-refractivity contribution >= 4 is 15.7 Å². The molecule has 0 aliphatic heterocycles. The van der Waals surface area contributed by atoms with E-state index in [0.29, 0.717) is 22.5 Å². The minimum absolute atomic E-state index is 0.0961. The van der Waals surface area contributed by atoms with Crippen molar-refractivity contribution in [2.75, 3.05) is 5.73 Å². The first-order valence-electron chi connectivity index (χ1n) is 6.43. The van der Waals surface area contributed by atoms with Gasteiger partial charge in [-0.25, -0.2) is 13.1 Å². The van der Waals surface area contributed by atoms with E-state index in [0.717, 1.165) is 5.69 Å². The molecule has 0 aliphatic rings. The molecule has 0 atom stereocenters. The minimum atomic E-state index is -3.62. The first-order chi connectivity index (χ1) is 9.79. The fourth-order valence-electron chi connectivity index (χ4n) is 2.16. The van der Waals surface area contributed by atoms with Crippen molar-refractivity contribution in [3.63, 3.8) is 0 Å². The van der Waals surface area contributed by atoms with Crippen LogP contribution in [0.1, 0.15) is 22.5 Å². The Hall–Kier alpha value is -1.99. The molecule has 0 bridgehead atoms. The Bertz CT molecular complexity index is 732. The van der Waals surface area contributed by atoms with Crippen molar-refractivity contribution in [3.05, 3.63) is 47.0 Å². The van der Waals surface area contributed by atoms with Crippen LogP contribution in [-0.4, -0.2) is 18.4 Å². The Kier molecular flexibility index (Phi) is 4.24. The summed E-state index contributed by atoms with van der Waals surface area (Å²) in [5.41, 5.74) is 8.86. The van der Waals surface area contributed by atoms with Crippen molar-refractivity contribution in [1.82, 2.24) is 14.7 Å². The van der Waals surface area contributed by atoms with Gasteiger partial charge in [-0.1, -0.05) is 0 Å². The largest absolute Gasteiger partial charge is 0.399 e. The third-order valence-electron chi connectivity index (χ3n) is 3.03. The summed E-state index contributed by atoms with van der Waals surface area (Å²) in [5.74, 6) is 0. The van der Waals surface area contributed by atoms with Gasteiger partial charge in [0.1, 0.15) is 0 Å². The lowest BCUT2D eigenvalue weighted by Gasteiger charge is -2.12. The van der Waals surface area contributed by atoms with E-state index in [9.17, 15) is 8.42 Å². The highest BCUT2D eigenvalue weighted by Gasteiger charge is 2.19. The maximum atomic E-state index is 12.4. The van der Waals surface area contributed by atoms with E-state index in [4.69, 9.17) is 5.73 Å². The highest BCUT2D eigenvalue weighted by Crippen LogP contribution is 2.22. The summed E-state index contributed by atoms with van der Waals surface area (Å²) in [5, 5.41) is 0. The standard InChI is InChI=1S/C14H18N4O2S/c1-9-4-12(15)5-10(2)14(9)21(19,20)18-8-13-7-16-11(3)6-17-13/h4-7,18H,8,15H2,1-3H3. The molecule has 7 heteroatoms. The fraction of sp³-hybridized carbons (Fsp3) is 0.286. The number of aryl methyl sites for hydroxylation is 3. The van der Waals surface area contributed by atoms with Gasteiger partial charge in [0, 0.05) is 11.9 Å². The van der Waals surface area contributed by atoms with Crippen LogP contribution < -0.4 is 10.5 Å². The van der Waals surface area contributed by atoms with Crippen LogP contribution >= 0.6 is 0 Å². The first kappa shape index (κ1) is 15.4. The van der Waals surface area contributed by atoms with Crippen LogP contribution in [0, 0.1) is 20.8 Å². The molecular weight excluding hydrogens is 288 g/mol. The maximum Gasteiger partial charge on any atom is 0.241 e. The minimum Gasteiger partial charge on any atom is -0.399 e. The topological polar surface area (TPSA) is 98.0 Å². The van der Waals surface area contributed by atoms with E-state index >= 15 is 0 Å². The highest BCUT2D eigenvalue weighted by atomic mass is 32.2. The van der Waals surface area contributed by atoms with Crippen LogP contribution in [0.15, 0.2) is 29.4 Å². The summed E-state index contributed by atoms with van der Waals surface area (Å²) in [6.07, 6.45) is 3.16. The van der Waals surface area contributed by atoms with E-state index < -0.39 is 10.0 Å². The van der Waals surface area contributed by atoms with Crippen molar-refractivity contribution in [2.45, 2.75) is 32.2 Å². The molecule has 0 unspecified atom stereocenters. The molecule has 0 radical (unpaired) electrons.